The first-order valence-electron chi connectivity index (χ1n) is 20.0. The average molecular weight is 788 g/mol. The maximum absolute atomic E-state index is 14.2. The summed E-state index contributed by atoms with van der Waals surface area (Å²) >= 11 is 0. The molecule has 4 aliphatic heterocycles. The van der Waals surface area contributed by atoms with Crippen molar-refractivity contribution < 1.29 is 38.4 Å². The van der Waals surface area contributed by atoms with Gasteiger partial charge in [-0.05, 0) is 83.5 Å². The summed E-state index contributed by atoms with van der Waals surface area (Å²) in [7, 11) is 0. The fourth-order valence-corrected chi connectivity index (χ4v) is 8.40. The van der Waals surface area contributed by atoms with E-state index in [1.54, 1.807) is 6.92 Å². The van der Waals surface area contributed by atoms with E-state index in [0.717, 1.165) is 0 Å². The molecule has 0 unspecified atom stereocenters. The normalized spacial score (nSPS) is 23.7. The molecule has 56 heavy (non-hydrogen) atoms. The minimum atomic E-state index is -0.990. The number of hydrogen-bond acceptors (Lipinski definition) is 9. The monoisotopic (exact) mass is 787 g/mol. The Morgan fingerprint density at radius 1 is 0.625 bits per heavy atom. The average Bonchev–Trinajstić information content (AvgIpc) is 3.97. The Kier molecular flexibility index (Phi) is 15.4. The lowest BCUT2D eigenvalue weighted by molar-refractivity contribution is -0.151. The second-order valence-corrected chi connectivity index (χ2v) is 15.8. The van der Waals surface area contributed by atoms with Crippen LogP contribution in [0, 0.1) is 5.92 Å². The molecule has 9 N–H and O–H groups in total. The van der Waals surface area contributed by atoms with E-state index in [-0.39, 0.29) is 61.4 Å². The summed E-state index contributed by atoms with van der Waals surface area (Å²) in [4.78, 5) is 116. The summed E-state index contributed by atoms with van der Waals surface area (Å²) in [6.07, 6.45) is 4.77. The van der Waals surface area contributed by atoms with Gasteiger partial charge in [0.05, 0.1) is 0 Å². The van der Waals surface area contributed by atoms with Crippen molar-refractivity contribution in [2.24, 2.45) is 28.1 Å². The first-order chi connectivity index (χ1) is 26.5. The van der Waals surface area contributed by atoms with Crippen molar-refractivity contribution in [1.29, 1.82) is 0 Å². The number of hydrogen-bond donors (Lipinski definition) is 6. The Morgan fingerprint density at radius 3 is 1.57 bits per heavy atom. The van der Waals surface area contributed by atoms with Gasteiger partial charge in [0.25, 0.3) is 0 Å². The molecule has 0 bridgehead atoms. The maximum Gasteiger partial charge on any atom is 0.246 e. The molecule has 4 rings (SSSR count). The predicted molar refractivity (Wildman–Crippen MR) is 205 cm³/mol. The third-order valence-corrected chi connectivity index (χ3v) is 11.0. The molecular weight excluding hydrogens is 726 g/mol. The quantitative estimate of drug-likeness (QED) is 0.0570. The van der Waals surface area contributed by atoms with Crippen LogP contribution in [-0.4, -0.2) is 148 Å². The number of rotatable bonds is 16. The standard InChI is InChI=1S/C37H61N11O8/c1-21(2)20-25(34(54)45-16-6-11-26(45)31(51)43-24(30(38)50)10-5-15-41-37(39)40)44-32(52)27-12-7-17-46(27)35(55)29-14-9-19-48(29)36(56)28-13-8-18-47(28)33(53)22(3)42-23(4)49/h21-22,24-29H,5-20H2,1-4H3,(H2,38,50)(H,42,49)(H,43,51)(H,44,52)(H4,39,40,41)/t22-,24-,25-,26-,27-,28-,29-/m0/s1. The number of amides is 8. The summed E-state index contributed by atoms with van der Waals surface area (Å²) in [5.41, 5.74) is 16.3. The first kappa shape index (κ1) is 43.8. The van der Waals surface area contributed by atoms with Crippen molar-refractivity contribution in [3.8, 4) is 0 Å². The molecule has 0 aromatic rings. The molecule has 19 heteroatoms. The van der Waals surface area contributed by atoms with Crippen LogP contribution >= 0.6 is 0 Å². The van der Waals surface area contributed by atoms with E-state index in [0.29, 0.717) is 77.4 Å². The van der Waals surface area contributed by atoms with E-state index in [9.17, 15) is 38.4 Å². The maximum atomic E-state index is 14.2. The van der Waals surface area contributed by atoms with Crippen LogP contribution in [0.15, 0.2) is 4.99 Å². The van der Waals surface area contributed by atoms with Crippen LogP contribution in [0.2, 0.25) is 0 Å². The number of nitrogens with one attached hydrogen (secondary N) is 3. The highest BCUT2D eigenvalue weighted by Gasteiger charge is 2.47. The van der Waals surface area contributed by atoms with E-state index in [1.165, 1.54) is 26.5 Å². The number of guanidine groups is 1. The number of aliphatic imine (C=N–C) groups is 1. The van der Waals surface area contributed by atoms with Crippen molar-refractivity contribution in [3.63, 3.8) is 0 Å². The van der Waals surface area contributed by atoms with Gasteiger partial charge in [0.1, 0.15) is 42.3 Å². The minimum absolute atomic E-state index is 0.00813. The number of carbonyl (C=O) groups is 8. The third-order valence-electron chi connectivity index (χ3n) is 11.0. The summed E-state index contributed by atoms with van der Waals surface area (Å²) in [6, 6.07) is -6.04. The van der Waals surface area contributed by atoms with Gasteiger partial charge in [-0.1, -0.05) is 13.8 Å². The van der Waals surface area contributed by atoms with E-state index in [4.69, 9.17) is 17.2 Å². The summed E-state index contributed by atoms with van der Waals surface area (Å²) in [6.45, 7) is 8.27. The number of nitrogens with zero attached hydrogens (tertiary/aromatic N) is 5. The van der Waals surface area contributed by atoms with Gasteiger partial charge in [0.15, 0.2) is 5.96 Å². The molecular formula is C37H61N11O8. The van der Waals surface area contributed by atoms with E-state index in [2.05, 4.69) is 20.9 Å². The van der Waals surface area contributed by atoms with Gasteiger partial charge < -0.3 is 52.8 Å². The highest BCUT2D eigenvalue weighted by Crippen LogP contribution is 2.29. The lowest BCUT2D eigenvalue weighted by Crippen LogP contribution is -2.59. The SMILES string of the molecule is CC(=O)N[C@@H](C)C(=O)N1CCC[C@H]1C(=O)N1CCC[C@H]1C(=O)N1CCC[C@H]1C(=O)N[C@@H](CC(C)C)C(=O)N1CCC[C@H]1C(=O)N[C@@H](CCCN=C(N)N)C(N)=O. The third kappa shape index (κ3) is 10.9. The Hall–Kier alpha value is -4.97. The van der Waals surface area contributed by atoms with Crippen molar-refractivity contribution in [2.45, 2.75) is 141 Å². The number of likely N-dealkylation sites (tertiary alicyclic amines) is 4. The van der Waals surface area contributed by atoms with Crippen molar-refractivity contribution in [3.05, 3.63) is 0 Å². The fraction of sp³-hybridized carbons (Fsp3) is 0.757. The number of nitrogens with two attached hydrogens (primary N) is 3. The lowest BCUT2D eigenvalue weighted by Gasteiger charge is -2.35. The molecule has 0 saturated carbocycles. The second kappa shape index (κ2) is 19.8. The van der Waals surface area contributed by atoms with E-state index < -0.39 is 65.9 Å². The highest BCUT2D eigenvalue weighted by molar-refractivity contribution is 5.98. The Bertz CT molecular complexity index is 1530. The topological polar surface area (TPSA) is 276 Å². The Balaban J connectivity index is 1.42. The molecule has 0 radical (unpaired) electrons. The fourth-order valence-electron chi connectivity index (χ4n) is 8.40. The minimum Gasteiger partial charge on any atom is -0.370 e. The van der Waals surface area contributed by atoms with Crippen LogP contribution in [0.3, 0.4) is 0 Å². The van der Waals surface area contributed by atoms with Crippen LogP contribution in [-0.2, 0) is 38.4 Å². The van der Waals surface area contributed by atoms with Gasteiger partial charge in [-0.2, -0.15) is 0 Å². The summed E-state index contributed by atoms with van der Waals surface area (Å²) < 4.78 is 0. The van der Waals surface area contributed by atoms with Gasteiger partial charge in [0.2, 0.25) is 47.3 Å². The van der Waals surface area contributed by atoms with Crippen LogP contribution < -0.4 is 33.2 Å². The molecule has 4 saturated heterocycles. The van der Waals surface area contributed by atoms with Crippen molar-refractivity contribution in [2.75, 3.05) is 32.7 Å². The molecule has 0 aromatic carbocycles. The van der Waals surface area contributed by atoms with Gasteiger partial charge in [-0.25, -0.2) is 0 Å². The molecule has 312 valence electrons. The zero-order valence-corrected chi connectivity index (χ0v) is 33.2. The zero-order chi connectivity index (χ0) is 41.3. The van der Waals surface area contributed by atoms with Crippen LogP contribution in [0.25, 0.3) is 0 Å². The Labute approximate surface area is 328 Å². The van der Waals surface area contributed by atoms with Gasteiger partial charge in [0, 0.05) is 39.6 Å². The van der Waals surface area contributed by atoms with Gasteiger partial charge >= 0.3 is 0 Å². The van der Waals surface area contributed by atoms with E-state index >= 15 is 0 Å². The molecule has 4 fully saturated rings. The van der Waals surface area contributed by atoms with Crippen molar-refractivity contribution in [1.82, 2.24) is 35.6 Å². The Morgan fingerprint density at radius 2 is 1.07 bits per heavy atom. The zero-order valence-electron chi connectivity index (χ0n) is 33.2. The molecule has 19 nitrogen and oxygen atoms in total. The first-order valence-corrected chi connectivity index (χ1v) is 20.0. The van der Waals surface area contributed by atoms with Crippen LogP contribution in [0.1, 0.15) is 98.3 Å². The number of primary amides is 1. The highest BCUT2D eigenvalue weighted by atomic mass is 16.2. The molecule has 0 spiro atoms. The van der Waals surface area contributed by atoms with Gasteiger partial charge in [-0.3, -0.25) is 43.3 Å². The summed E-state index contributed by atoms with van der Waals surface area (Å²) in [5, 5.41) is 8.17. The van der Waals surface area contributed by atoms with E-state index in [1.807, 2.05) is 13.8 Å². The lowest BCUT2D eigenvalue weighted by atomic mass is 10.0. The molecule has 4 heterocycles. The van der Waals surface area contributed by atoms with Crippen LogP contribution in [0.5, 0.6) is 0 Å². The van der Waals surface area contributed by atoms with Crippen LogP contribution in [0.4, 0.5) is 0 Å². The predicted octanol–water partition coefficient (Wildman–Crippen LogP) is -1.97. The summed E-state index contributed by atoms with van der Waals surface area (Å²) in [5.74, 6) is -3.64. The molecule has 7 atom stereocenters. The molecule has 4 aliphatic rings. The van der Waals surface area contributed by atoms with Crippen molar-refractivity contribution >= 4 is 53.2 Å². The molecule has 0 aromatic heterocycles. The second-order valence-electron chi connectivity index (χ2n) is 15.8. The molecule has 0 aliphatic carbocycles. The number of carbonyl (C=O) groups excluding carboxylic acids is 8. The largest absolute Gasteiger partial charge is 0.370 e. The smallest absolute Gasteiger partial charge is 0.246 e. The molecule has 8 amide bonds. The van der Waals surface area contributed by atoms with Gasteiger partial charge in [-0.15, -0.1) is 0 Å².